The number of carbonyl (C=O) groups excluding carboxylic acids is 2. The fourth-order valence-corrected chi connectivity index (χ4v) is 2.63. The van der Waals surface area contributed by atoms with Gasteiger partial charge in [0.1, 0.15) is 18.2 Å². The molecule has 5 heteroatoms. The Morgan fingerprint density at radius 1 is 1.22 bits per heavy atom. The van der Waals surface area contributed by atoms with E-state index >= 15 is 0 Å². The summed E-state index contributed by atoms with van der Waals surface area (Å²) < 4.78 is 19.0. The minimum Gasteiger partial charge on any atom is -0.370 e. The fourth-order valence-electron chi connectivity index (χ4n) is 2.63. The summed E-state index contributed by atoms with van der Waals surface area (Å²) in [6.07, 6.45) is 0.404. The molecular formula is C18H16FNO3. The highest BCUT2D eigenvalue weighted by Gasteiger charge is 2.26. The van der Waals surface area contributed by atoms with E-state index in [1.54, 1.807) is 41.3 Å². The van der Waals surface area contributed by atoms with Crippen molar-refractivity contribution >= 4 is 12.2 Å². The van der Waals surface area contributed by atoms with Gasteiger partial charge in [0.15, 0.2) is 0 Å². The van der Waals surface area contributed by atoms with Crippen LogP contribution in [0.5, 0.6) is 0 Å². The molecule has 0 radical (unpaired) electrons. The number of halogens is 1. The number of amides is 1. The van der Waals surface area contributed by atoms with Crippen molar-refractivity contribution in [1.82, 2.24) is 4.90 Å². The number of carbonyl (C=O) groups is 2. The summed E-state index contributed by atoms with van der Waals surface area (Å²) in [5, 5.41) is 0. The molecule has 1 atom stereocenters. The van der Waals surface area contributed by atoms with Gasteiger partial charge < -0.3 is 9.64 Å². The van der Waals surface area contributed by atoms with Crippen LogP contribution in [0.2, 0.25) is 0 Å². The van der Waals surface area contributed by atoms with Crippen molar-refractivity contribution in [1.29, 1.82) is 0 Å². The second-order valence-corrected chi connectivity index (χ2v) is 5.41. The second-order valence-electron chi connectivity index (χ2n) is 5.41. The fraction of sp³-hybridized carbons (Fsp3) is 0.222. The Morgan fingerprint density at radius 3 is 2.70 bits per heavy atom. The molecule has 2 aromatic rings. The normalized spacial score (nSPS) is 17.8. The average molecular weight is 313 g/mol. The number of morpholine rings is 1. The first kappa shape index (κ1) is 15.4. The predicted molar refractivity (Wildman–Crippen MR) is 82.8 cm³/mol. The number of rotatable bonds is 3. The van der Waals surface area contributed by atoms with Crippen LogP contribution < -0.4 is 0 Å². The van der Waals surface area contributed by atoms with Crippen LogP contribution in [0.1, 0.15) is 32.4 Å². The number of hydrogen-bond donors (Lipinski definition) is 0. The first-order chi connectivity index (χ1) is 11.2. The molecule has 23 heavy (non-hydrogen) atoms. The molecule has 1 amide bonds. The van der Waals surface area contributed by atoms with Crippen molar-refractivity contribution in [3.8, 4) is 0 Å². The molecule has 3 rings (SSSR count). The SMILES string of the molecule is O=Cc1ccc(C(=O)N2CCOC(c3cccc(F)c3)C2)cc1. The maximum atomic E-state index is 13.3. The first-order valence-electron chi connectivity index (χ1n) is 7.39. The van der Waals surface area contributed by atoms with E-state index in [1.807, 2.05) is 0 Å². The third-order valence-electron chi connectivity index (χ3n) is 3.87. The summed E-state index contributed by atoms with van der Waals surface area (Å²) in [4.78, 5) is 24.9. The van der Waals surface area contributed by atoms with Gasteiger partial charge >= 0.3 is 0 Å². The molecule has 0 aromatic heterocycles. The maximum Gasteiger partial charge on any atom is 0.254 e. The van der Waals surface area contributed by atoms with Crippen LogP contribution in [0.4, 0.5) is 4.39 Å². The lowest BCUT2D eigenvalue weighted by molar-refractivity contribution is -0.0229. The molecule has 0 aliphatic carbocycles. The maximum absolute atomic E-state index is 13.3. The van der Waals surface area contributed by atoms with Crippen LogP contribution in [0.3, 0.4) is 0 Å². The lowest BCUT2D eigenvalue weighted by Crippen LogP contribution is -2.42. The largest absolute Gasteiger partial charge is 0.370 e. The van der Waals surface area contributed by atoms with Gasteiger partial charge in [-0.05, 0) is 29.8 Å². The molecule has 118 valence electrons. The van der Waals surface area contributed by atoms with E-state index in [9.17, 15) is 14.0 Å². The van der Waals surface area contributed by atoms with Crippen LogP contribution >= 0.6 is 0 Å². The van der Waals surface area contributed by atoms with E-state index in [1.165, 1.54) is 12.1 Å². The summed E-state index contributed by atoms with van der Waals surface area (Å²) in [5.41, 5.74) is 1.77. The van der Waals surface area contributed by atoms with Gasteiger partial charge in [-0.1, -0.05) is 24.3 Å². The zero-order chi connectivity index (χ0) is 16.2. The van der Waals surface area contributed by atoms with Gasteiger partial charge in [-0.25, -0.2) is 4.39 Å². The van der Waals surface area contributed by atoms with Gasteiger partial charge in [-0.3, -0.25) is 9.59 Å². The Kier molecular flexibility index (Phi) is 4.48. The molecule has 1 heterocycles. The smallest absolute Gasteiger partial charge is 0.254 e. The highest BCUT2D eigenvalue weighted by Crippen LogP contribution is 2.24. The third-order valence-corrected chi connectivity index (χ3v) is 3.87. The van der Waals surface area contributed by atoms with Gasteiger partial charge in [-0.2, -0.15) is 0 Å². The predicted octanol–water partition coefficient (Wildman–Crippen LogP) is 2.85. The zero-order valence-electron chi connectivity index (χ0n) is 12.4. The van der Waals surface area contributed by atoms with Gasteiger partial charge in [0.2, 0.25) is 0 Å². The average Bonchev–Trinajstić information content (AvgIpc) is 2.61. The summed E-state index contributed by atoms with van der Waals surface area (Å²) in [7, 11) is 0. The topological polar surface area (TPSA) is 46.6 Å². The van der Waals surface area contributed by atoms with Gasteiger partial charge in [-0.15, -0.1) is 0 Å². The van der Waals surface area contributed by atoms with Crippen molar-refractivity contribution in [3.63, 3.8) is 0 Å². The molecule has 1 aliphatic heterocycles. The summed E-state index contributed by atoms with van der Waals surface area (Å²) in [6, 6.07) is 12.7. The van der Waals surface area contributed by atoms with Crippen molar-refractivity contribution in [3.05, 3.63) is 71.0 Å². The second kappa shape index (κ2) is 6.71. The van der Waals surface area contributed by atoms with Crippen LogP contribution in [0.15, 0.2) is 48.5 Å². The standard InChI is InChI=1S/C18H16FNO3/c19-16-3-1-2-15(10-16)17-11-20(8-9-23-17)18(22)14-6-4-13(12-21)5-7-14/h1-7,10,12,17H,8-9,11H2. The van der Waals surface area contributed by atoms with Crippen molar-refractivity contribution < 1.29 is 18.7 Å². The minimum absolute atomic E-state index is 0.118. The number of aldehydes is 1. The van der Waals surface area contributed by atoms with Crippen LogP contribution in [0, 0.1) is 5.82 Å². The molecule has 1 unspecified atom stereocenters. The molecule has 0 N–H and O–H groups in total. The molecule has 0 saturated carbocycles. The lowest BCUT2D eigenvalue weighted by Gasteiger charge is -2.33. The summed E-state index contributed by atoms with van der Waals surface area (Å²) >= 11 is 0. The minimum atomic E-state index is -0.336. The highest BCUT2D eigenvalue weighted by atomic mass is 19.1. The number of ether oxygens (including phenoxy) is 1. The van der Waals surface area contributed by atoms with Crippen LogP contribution in [-0.4, -0.2) is 36.8 Å². The highest BCUT2D eigenvalue weighted by molar-refractivity contribution is 5.95. The quantitative estimate of drug-likeness (QED) is 0.819. The zero-order valence-corrected chi connectivity index (χ0v) is 12.4. The molecule has 0 spiro atoms. The number of benzene rings is 2. The molecule has 0 bridgehead atoms. The Labute approximate surface area is 133 Å². The van der Waals surface area contributed by atoms with Gasteiger partial charge in [0.25, 0.3) is 5.91 Å². The van der Waals surface area contributed by atoms with E-state index in [-0.39, 0.29) is 17.8 Å². The van der Waals surface area contributed by atoms with Gasteiger partial charge in [0.05, 0.1) is 13.2 Å². The monoisotopic (exact) mass is 313 g/mol. The Hall–Kier alpha value is -2.53. The van der Waals surface area contributed by atoms with E-state index in [2.05, 4.69) is 0 Å². The molecule has 1 fully saturated rings. The summed E-state index contributed by atoms with van der Waals surface area (Å²) in [5.74, 6) is -0.439. The van der Waals surface area contributed by atoms with Crippen molar-refractivity contribution in [2.24, 2.45) is 0 Å². The van der Waals surface area contributed by atoms with Crippen LogP contribution in [0.25, 0.3) is 0 Å². The number of hydrogen-bond acceptors (Lipinski definition) is 3. The Bertz CT molecular complexity index is 714. The molecule has 1 aliphatic rings. The van der Waals surface area contributed by atoms with Crippen molar-refractivity contribution in [2.45, 2.75) is 6.10 Å². The molecule has 1 saturated heterocycles. The van der Waals surface area contributed by atoms with E-state index in [0.29, 0.717) is 30.8 Å². The van der Waals surface area contributed by atoms with Gasteiger partial charge in [0, 0.05) is 17.7 Å². The van der Waals surface area contributed by atoms with E-state index < -0.39 is 0 Å². The Morgan fingerprint density at radius 2 is 2.00 bits per heavy atom. The van der Waals surface area contributed by atoms with Crippen molar-refractivity contribution in [2.75, 3.05) is 19.7 Å². The number of nitrogens with zero attached hydrogens (tertiary/aromatic N) is 1. The molecule has 2 aromatic carbocycles. The molecule has 4 nitrogen and oxygen atoms in total. The van der Waals surface area contributed by atoms with E-state index in [4.69, 9.17) is 4.74 Å². The first-order valence-corrected chi connectivity index (χ1v) is 7.39. The molecular weight excluding hydrogens is 297 g/mol. The van der Waals surface area contributed by atoms with E-state index in [0.717, 1.165) is 11.8 Å². The lowest BCUT2D eigenvalue weighted by atomic mass is 10.1. The summed E-state index contributed by atoms with van der Waals surface area (Å²) in [6.45, 7) is 1.26. The Balaban J connectivity index is 1.74. The third kappa shape index (κ3) is 3.46. The van der Waals surface area contributed by atoms with Crippen LogP contribution in [-0.2, 0) is 4.74 Å².